The molecule has 0 saturated carbocycles. The van der Waals surface area contributed by atoms with E-state index in [-0.39, 0.29) is 11.6 Å². The second-order valence-electron chi connectivity index (χ2n) is 5.77. The minimum absolute atomic E-state index is 0.282. The monoisotopic (exact) mass is 378 g/mol. The maximum absolute atomic E-state index is 12.4. The van der Waals surface area contributed by atoms with E-state index < -0.39 is 0 Å². The first-order valence-electron chi connectivity index (χ1n) is 8.48. The number of hydrogen-bond acceptors (Lipinski definition) is 4. The topological polar surface area (TPSA) is 66.9 Å². The Morgan fingerprint density at radius 3 is 2.56 bits per heavy atom. The van der Waals surface area contributed by atoms with E-state index in [1.807, 2.05) is 54.6 Å². The molecule has 0 atom stereocenters. The summed E-state index contributed by atoms with van der Waals surface area (Å²) in [5.74, 6) is 0.742. The molecule has 2 aromatic carbocycles. The molecule has 5 nitrogen and oxygen atoms in total. The molecule has 2 N–H and O–H groups in total. The fraction of sp³-hybridized carbons (Fsp3) is 0.0952. The van der Waals surface area contributed by atoms with Crippen LogP contribution in [0, 0.1) is 0 Å². The maximum atomic E-state index is 12.4. The summed E-state index contributed by atoms with van der Waals surface area (Å²) < 4.78 is 0. The van der Waals surface area contributed by atoms with Gasteiger partial charge in [0.05, 0.1) is 0 Å². The number of nitrogens with zero attached hydrogens (tertiary/aromatic N) is 2. The summed E-state index contributed by atoms with van der Waals surface area (Å²) in [7, 11) is 0. The molecule has 1 aromatic heterocycles. The first-order chi connectivity index (χ1) is 13.2. The Morgan fingerprint density at radius 2 is 1.81 bits per heavy atom. The van der Waals surface area contributed by atoms with Gasteiger partial charge in [0.2, 0.25) is 0 Å². The fourth-order valence-corrected chi connectivity index (χ4v) is 2.66. The highest BCUT2D eigenvalue weighted by molar-refractivity contribution is 6.31. The molecule has 0 spiro atoms. The third-order valence-corrected chi connectivity index (χ3v) is 4.18. The van der Waals surface area contributed by atoms with Crippen LogP contribution in [0.1, 0.15) is 16.1 Å². The smallest absolute Gasteiger partial charge is 0.270 e. The van der Waals surface area contributed by atoms with Gasteiger partial charge in [0.15, 0.2) is 5.82 Å². The molecule has 1 amide bonds. The lowest BCUT2D eigenvalue weighted by Gasteiger charge is -2.11. The Balaban J connectivity index is 1.90. The van der Waals surface area contributed by atoms with Gasteiger partial charge in [-0.3, -0.25) is 4.79 Å². The van der Waals surface area contributed by atoms with Gasteiger partial charge in [-0.25, -0.2) is 9.97 Å². The largest absolute Gasteiger partial charge is 0.366 e. The fourth-order valence-electron chi connectivity index (χ4n) is 2.45. The summed E-state index contributed by atoms with van der Waals surface area (Å²) in [5, 5.41) is 6.64. The van der Waals surface area contributed by atoms with Crippen molar-refractivity contribution >= 4 is 23.3 Å². The van der Waals surface area contributed by atoms with Crippen molar-refractivity contribution in [3.05, 3.63) is 89.6 Å². The highest BCUT2D eigenvalue weighted by Gasteiger charge is 2.13. The zero-order valence-electron chi connectivity index (χ0n) is 14.7. The Hall–Kier alpha value is -3.18. The molecule has 3 rings (SSSR count). The number of amides is 1. The number of rotatable bonds is 7. The summed E-state index contributed by atoms with van der Waals surface area (Å²) >= 11 is 6.21. The minimum atomic E-state index is -0.282. The number of aromatic nitrogens is 2. The van der Waals surface area contributed by atoms with Crippen LogP contribution in [0.5, 0.6) is 0 Å². The lowest BCUT2D eigenvalue weighted by atomic mass is 10.2. The normalized spacial score (nSPS) is 10.3. The number of carbonyl (C=O) groups excluding carboxylic acids is 1. The Kier molecular flexibility index (Phi) is 6.18. The zero-order valence-corrected chi connectivity index (χ0v) is 15.4. The summed E-state index contributed by atoms with van der Waals surface area (Å²) in [5.41, 5.74) is 2.06. The quantitative estimate of drug-likeness (QED) is 0.601. The average molecular weight is 379 g/mol. The highest BCUT2D eigenvalue weighted by Crippen LogP contribution is 2.20. The lowest BCUT2D eigenvalue weighted by Crippen LogP contribution is -2.24. The van der Waals surface area contributed by atoms with Crippen molar-refractivity contribution < 1.29 is 4.79 Å². The van der Waals surface area contributed by atoms with Crippen molar-refractivity contribution in [2.45, 2.75) is 6.54 Å². The van der Waals surface area contributed by atoms with Gasteiger partial charge >= 0.3 is 0 Å². The van der Waals surface area contributed by atoms with Crippen molar-refractivity contribution in [1.29, 1.82) is 0 Å². The molecular formula is C21H19ClN4O. The molecule has 6 heteroatoms. The van der Waals surface area contributed by atoms with Gasteiger partial charge in [-0.15, -0.1) is 6.58 Å². The van der Waals surface area contributed by atoms with Crippen LogP contribution in [0.2, 0.25) is 5.02 Å². The number of benzene rings is 2. The Labute approximate surface area is 163 Å². The number of carbonyl (C=O) groups is 1. The van der Waals surface area contributed by atoms with Crippen molar-refractivity contribution in [3.63, 3.8) is 0 Å². The van der Waals surface area contributed by atoms with Crippen LogP contribution in [0.15, 0.2) is 73.3 Å². The van der Waals surface area contributed by atoms with Gasteiger partial charge in [0, 0.05) is 29.7 Å². The van der Waals surface area contributed by atoms with Crippen LogP contribution in [0.4, 0.5) is 5.82 Å². The van der Waals surface area contributed by atoms with E-state index in [0.717, 1.165) is 11.1 Å². The first-order valence-corrected chi connectivity index (χ1v) is 8.86. The van der Waals surface area contributed by atoms with E-state index in [9.17, 15) is 4.79 Å². The molecule has 0 radical (unpaired) electrons. The van der Waals surface area contributed by atoms with E-state index >= 15 is 0 Å². The van der Waals surface area contributed by atoms with Gasteiger partial charge in [0.1, 0.15) is 11.5 Å². The van der Waals surface area contributed by atoms with Crippen LogP contribution >= 0.6 is 11.6 Å². The number of nitrogens with one attached hydrogen (secondary N) is 2. The third kappa shape index (κ3) is 4.92. The van der Waals surface area contributed by atoms with E-state index in [4.69, 9.17) is 11.6 Å². The van der Waals surface area contributed by atoms with E-state index in [2.05, 4.69) is 27.2 Å². The molecule has 0 aliphatic rings. The SMILES string of the molecule is C=CCNC(=O)c1cc(NCc2ccccc2Cl)nc(-c2ccccc2)n1. The third-order valence-electron chi connectivity index (χ3n) is 3.82. The molecular weight excluding hydrogens is 360 g/mol. The summed E-state index contributed by atoms with van der Waals surface area (Å²) in [6, 6.07) is 18.7. The Bertz CT molecular complexity index is 944. The van der Waals surface area contributed by atoms with Crippen molar-refractivity contribution in [3.8, 4) is 11.4 Å². The average Bonchev–Trinajstić information content (AvgIpc) is 2.72. The van der Waals surface area contributed by atoms with Crippen molar-refractivity contribution in [2.75, 3.05) is 11.9 Å². The van der Waals surface area contributed by atoms with E-state index in [1.165, 1.54) is 0 Å². The van der Waals surface area contributed by atoms with E-state index in [1.54, 1.807) is 12.1 Å². The molecule has 136 valence electrons. The van der Waals surface area contributed by atoms with Crippen LogP contribution < -0.4 is 10.6 Å². The van der Waals surface area contributed by atoms with Gasteiger partial charge < -0.3 is 10.6 Å². The van der Waals surface area contributed by atoms with Crippen molar-refractivity contribution in [1.82, 2.24) is 15.3 Å². The van der Waals surface area contributed by atoms with Crippen LogP contribution in [-0.4, -0.2) is 22.4 Å². The van der Waals surface area contributed by atoms with Crippen LogP contribution in [0.25, 0.3) is 11.4 Å². The van der Waals surface area contributed by atoms with Gasteiger partial charge in [-0.1, -0.05) is 66.2 Å². The van der Waals surface area contributed by atoms with Gasteiger partial charge in [-0.2, -0.15) is 0 Å². The summed E-state index contributed by atoms with van der Waals surface area (Å²) in [4.78, 5) is 21.3. The van der Waals surface area contributed by atoms with Crippen LogP contribution in [0.3, 0.4) is 0 Å². The first kappa shape index (κ1) is 18.6. The van der Waals surface area contributed by atoms with Crippen molar-refractivity contribution in [2.24, 2.45) is 0 Å². The maximum Gasteiger partial charge on any atom is 0.270 e. The summed E-state index contributed by atoms with van der Waals surface area (Å²) in [6.07, 6.45) is 1.62. The predicted octanol–water partition coefficient (Wildman–Crippen LogP) is 4.32. The number of halogens is 1. The number of hydrogen-bond donors (Lipinski definition) is 2. The molecule has 27 heavy (non-hydrogen) atoms. The molecule has 3 aromatic rings. The lowest BCUT2D eigenvalue weighted by molar-refractivity contribution is 0.0953. The molecule has 1 heterocycles. The second-order valence-corrected chi connectivity index (χ2v) is 6.18. The van der Waals surface area contributed by atoms with Gasteiger partial charge in [-0.05, 0) is 11.6 Å². The second kappa shape index (κ2) is 8.96. The van der Waals surface area contributed by atoms with Crippen LogP contribution in [-0.2, 0) is 6.54 Å². The molecule has 0 bridgehead atoms. The predicted molar refractivity (Wildman–Crippen MR) is 109 cm³/mol. The van der Waals surface area contributed by atoms with Gasteiger partial charge in [0.25, 0.3) is 5.91 Å². The molecule has 0 fully saturated rings. The van der Waals surface area contributed by atoms with E-state index in [0.29, 0.717) is 29.8 Å². The minimum Gasteiger partial charge on any atom is -0.366 e. The Morgan fingerprint density at radius 1 is 1.07 bits per heavy atom. The zero-order chi connectivity index (χ0) is 19.1. The standard InChI is InChI=1S/C21H19ClN4O/c1-2-12-23-21(27)18-13-19(24-14-16-10-6-7-11-17(16)22)26-20(25-18)15-8-4-3-5-9-15/h2-11,13H,1,12,14H2,(H,23,27)(H,24,25,26). The molecule has 0 saturated heterocycles. The molecule has 0 aliphatic carbocycles. The molecule has 0 aliphatic heterocycles. The highest BCUT2D eigenvalue weighted by atomic mass is 35.5. The number of anilines is 1. The summed E-state index contributed by atoms with van der Waals surface area (Å²) in [6.45, 7) is 4.46. The molecule has 0 unspecified atom stereocenters.